The summed E-state index contributed by atoms with van der Waals surface area (Å²) in [6.45, 7) is 3.45. The lowest BCUT2D eigenvalue weighted by Gasteiger charge is -2.34. The van der Waals surface area contributed by atoms with E-state index in [0.29, 0.717) is 0 Å². The molecule has 1 unspecified atom stereocenters. The highest BCUT2D eigenvalue weighted by atomic mass is 16.3. The van der Waals surface area contributed by atoms with Crippen molar-refractivity contribution in [2.75, 3.05) is 19.8 Å². The van der Waals surface area contributed by atoms with Crippen molar-refractivity contribution < 1.29 is 15.3 Å². The van der Waals surface area contributed by atoms with E-state index in [9.17, 15) is 0 Å². The van der Waals surface area contributed by atoms with Gasteiger partial charge >= 0.3 is 0 Å². The average molecular weight is 203 g/mol. The Hall–Kier alpha value is -0.160. The van der Waals surface area contributed by atoms with Crippen LogP contribution in [0.3, 0.4) is 0 Å². The number of aliphatic hydroxyl groups excluding tert-OH is 3. The lowest BCUT2D eigenvalue weighted by molar-refractivity contribution is 0.0294. The Morgan fingerprint density at radius 3 is 1.93 bits per heavy atom. The Balaban J connectivity index is 2.54. The number of hydrogen-bond acceptors (Lipinski definition) is 4. The molecule has 0 bridgehead atoms. The maximum Gasteiger partial charge on any atom is 0.0883 e. The molecule has 1 aliphatic rings. The Kier molecular flexibility index (Phi) is 3.53. The minimum absolute atomic E-state index is 0.203. The van der Waals surface area contributed by atoms with Gasteiger partial charge in [0.2, 0.25) is 0 Å². The third-order valence-electron chi connectivity index (χ3n) is 3.51. The van der Waals surface area contributed by atoms with Crippen LogP contribution in [-0.2, 0) is 0 Å². The van der Waals surface area contributed by atoms with E-state index in [1.807, 2.05) is 6.92 Å². The van der Waals surface area contributed by atoms with E-state index in [4.69, 9.17) is 15.3 Å². The van der Waals surface area contributed by atoms with Crippen LogP contribution in [-0.4, -0.2) is 46.7 Å². The van der Waals surface area contributed by atoms with E-state index in [0.717, 1.165) is 0 Å². The lowest BCUT2D eigenvalue weighted by Crippen LogP contribution is -2.59. The zero-order chi connectivity index (χ0) is 10.8. The molecule has 0 aromatic carbocycles. The fraction of sp³-hybridized carbons (Fsp3) is 1.00. The predicted molar refractivity (Wildman–Crippen MR) is 53.9 cm³/mol. The van der Waals surface area contributed by atoms with Gasteiger partial charge in [-0.3, -0.25) is 0 Å². The third-order valence-corrected chi connectivity index (χ3v) is 3.51. The van der Waals surface area contributed by atoms with Crippen molar-refractivity contribution in [1.82, 2.24) is 5.32 Å². The van der Waals surface area contributed by atoms with Crippen molar-refractivity contribution in [3.63, 3.8) is 0 Å². The smallest absolute Gasteiger partial charge is 0.0883 e. The van der Waals surface area contributed by atoms with Gasteiger partial charge in [-0.05, 0) is 25.2 Å². The predicted octanol–water partition coefficient (Wildman–Crippen LogP) is -0.520. The van der Waals surface area contributed by atoms with Crippen LogP contribution in [0.2, 0.25) is 0 Å². The Morgan fingerprint density at radius 1 is 1.21 bits per heavy atom. The summed E-state index contributed by atoms with van der Waals surface area (Å²) < 4.78 is 0. The van der Waals surface area contributed by atoms with Crippen molar-refractivity contribution in [2.45, 2.75) is 38.3 Å². The molecule has 1 rings (SSSR count). The molecule has 14 heavy (non-hydrogen) atoms. The maximum atomic E-state index is 9.13. The van der Waals surface area contributed by atoms with Gasteiger partial charge in [-0.2, -0.15) is 0 Å². The van der Waals surface area contributed by atoms with Crippen LogP contribution in [0.25, 0.3) is 0 Å². The summed E-state index contributed by atoms with van der Waals surface area (Å²) in [5, 5.41) is 30.5. The molecule has 0 radical (unpaired) electrons. The molecule has 0 aromatic rings. The van der Waals surface area contributed by atoms with Crippen molar-refractivity contribution in [2.24, 2.45) is 5.41 Å². The van der Waals surface area contributed by atoms with Crippen molar-refractivity contribution in [3.8, 4) is 0 Å². The molecular formula is C10H21NO3. The molecule has 1 aliphatic carbocycles. The number of hydrogen-bond donors (Lipinski definition) is 4. The number of aliphatic hydroxyl groups is 3. The first-order chi connectivity index (χ1) is 6.52. The van der Waals surface area contributed by atoms with Gasteiger partial charge in [-0.1, -0.05) is 6.92 Å². The molecule has 1 fully saturated rings. The molecule has 1 saturated carbocycles. The summed E-state index contributed by atoms with van der Waals surface area (Å²) in [6.07, 6.45) is 2.33. The molecular weight excluding hydrogens is 182 g/mol. The average Bonchev–Trinajstić information content (AvgIpc) is 2.94. The van der Waals surface area contributed by atoms with Gasteiger partial charge in [-0.15, -0.1) is 0 Å². The van der Waals surface area contributed by atoms with Crippen LogP contribution in [0.1, 0.15) is 26.7 Å². The van der Waals surface area contributed by atoms with Crippen LogP contribution in [0.5, 0.6) is 0 Å². The van der Waals surface area contributed by atoms with Gasteiger partial charge in [0.05, 0.1) is 25.4 Å². The molecule has 0 aliphatic heterocycles. The number of nitrogens with one attached hydrogen (secondary N) is 1. The Morgan fingerprint density at radius 2 is 1.64 bits per heavy atom. The molecule has 0 spiro atoms. The molecule has 1 atom stereocenters. The molecule has 0 saturated heterocycles. The van der Waals surface area contributed by atoms with E-state index in [1.54, 1.807) is 0 Å². The summed E-state index contributed by atoms with van der Waals surface area (Å²) in [7, 11) is 0. The van der Waals surface area contributed by atoms with Crippen LogP contribution in [0, 0.1) is 5.41 Å². The van der Waals surface area contributed by atoms with E-state index in [2.05, 4.69) is 12.2 Å². The minimum atomic E-state index is -0.939. The monoisotopic (exact) mass is 203 g/mol. The quantitative estimate of drug-likeness (QED) is 0.469. The van der Waals surface area contributed by atoms with Gasteiger partial charge in [0.1, 0.15) is 0 Å². The summed E-state index contributed by atoms with van der Waals surface area (Å²) >= 11 is 0. The van der Waals surface area contributed by atoms with Gasteiger partial charge in [0.25, 0.3) is 0 Å². The topological polar surface area (TPSA) is 72.7 Å². The molecule has 0 heterocycles. The van der Waals surface area contributed by atoms with Crippen molar-refractivity contribution in [1.29, 1.82) is 0 Å². The summed E-state index contributed by atoms with van der Waals surface area (Å²) in [6, 6.07) is 0.203. The van der Waals surface area contributed by atoms with Gasteiger partial charge in [0.15, 0.2) is 0 Å². The fourth-order valence-electron chi connectivity index (χ4n) is 1.55. The van der Waals surface area contributed by atoms with Crippen molar-refractivity contribution >= 4 is 0 Å². The number of rotatable bonds is 6. The van der Waals surface area contributed by atoms with Crippen LogP contribution < -0.4 is 5.32 Å². The molecule has 4 N–H and O–H groups in total. The first kappa shape index (κ1) is 11.9. The van der Waals surface area contributed by atoms with E-state index >= 15 is 0 Å². The first-order valence-electron chi connectivity index (χ1n) is 5.12. The second-order valence-corrected chi connectivity index (χ2v) is 4.77. The highest BCUT2D eigenvalue weighted by Gasteiger charge is 2.45. The highest BCUT2D eigenvalue weighted by molar-refractivity contribution is 5.00. The maximum absolute atomic E-state index is 9.13. The molecule has 0 aromatic heterocycles. The third kappa shape index (κ3) is 2.25. The Labute approximate surface area is 85.0 Å². The van der Waals surface area contributed by atoms with E-state index in [1.165, 1.54) is 12.8 Å². The summed E-state index contributed by atoms with van der Waals surface area (Å²) in [4.78, 5) is 0. The fourth-order valence-corrected chi connectivity index (χ4v) is 1.55. The minimum Gasteiger partial charge on any atom is -0.394 e. The van der Waals surface area contributed by atoms with Gasteiger partial charge < -0.3 is 20.6 Å². The highest BCUT2D eigenvalue weighted by Crippen LogP contribution is 2.48. The molecule has 4 heteroatoms. The van der Waals surface area contributed by atoms with Crippen LogP contribution in [0.15, 0.2) is 0 Å². The summed E-state index contributed by atoms with van der Waals surface area (Å²) in [5.41, 5.74) is -0.671. The largest absolute Gasteiger partial charge is 0.394 e. The zero-order valence-electron chi connectivity index (χ0n) is 8.95. The van der Waals surface area contributed by atoms with Crippen molar-refractivity contribution in [3.05, 3.63) is 0 Å². The molecule has 4 nitrogen and oxygen atoms in total. The molecule has 84 valence electrons. The lowest BCUT2D eigenvalue weighted by atomic mass is 9.95. The zero-order valence-corrected chi connectivity index (χ0v) is 8.95. The van der Waals surface area contributed by atoms with Crippen LogP contribution >= 0.6 is 0 Å². The first-order valence-corrected chi connectivity index (χ1v) is 5.12. The standard InChI is InChI=1S/C10H21NO3/c1-8(9(2)3-4-9)11-10(5-12,6-13)7-14/h8,11-14H,3-7H2,1-2H3. The Bertz CT molecular complexity index is 180. The van der Waals surface area contributed by atoms with Gasteiger partial charge in [-0.25, -0.2) is 0 Å². The second kappa shape index (κ2) is 4.14. The van der Waals surface area contributed by atoms with Gasteiger partial charge in [0, 0.05) is 6.04 Å². The normalized spacial score (nSPS) is 22.1. The van der Waals surface area contributed by atoms with E-state index < -0.39 is 5.54 Å². The van der Waals surface area contributed by atoms with E-state index in [-0.39, 0.29) is 31.3 Å². The SMILES string of the molecule is CC(NC(CO)(CO)CO)C1(C)CC1. The second-order valence-electron chi connectivity index (χ2n) is 4.77. The van der Waals surface area contributed by atoms with Crippen LogP contribution in [0.4, 0.5) is 0 Å². The molecule has 0 amide bonds. The summed E-state index contributed by atoms with van der Waals surface area (Å²) in [5.74, 6) is 0.